The third-order valence-corrected chi connectivity index (χ3v) is 7.97. The molecule has 4 aromatic rings. The molecule has 42 heavy (non-hydrogen) atoms. The highest BCUT2D eigenvalue weighted by Gasteiger charge is 2.33. The number of anilines is 1. The first kappa shape index (κ1) is 29.1. The summed E-state index contributed by atoms with van der Waals surface area (Å²) in [4.78, 5) is 28.8. The number of piperidine rings is 1. The number of amides is 1. The number of para-hydroxylation sites is 1. The number of hydrogen-bond acceptors (Lipinski definition) is 4. The van der Waals surface area contributed by atoms with Gasteiger partial charge in [0.2, 0.25) is 5.91 Å². The van der Waals surface area contributed by atoms with E-state index in [0.29, 0.717) is 30.3 Å². The minimum absolute atomic E-state index is 0.0406. The Morgan fingerprint density at radius 1 is 0.786 bits per heavy atom. The zero-order chi connectivity index (χ0) is 29.3. The lowest BCUT2D eigenvalue weighted by Crippen LogP contribution is -2.42. The fourth-order valence-electron chi connectivity index (χ4n) is 5.83. The molecular weight excluding hydrogens is 520 g/mol. The number of ketones is 1. The van der Waals surface area contributed by atoms with Gasteiger partial charge in [-0.25, -0.2) is 0 Å². The summed E-state index contributed by atoms with van der Waals surface area (Å²) in [5.41, 5.74) is 4.89. The van der Waals surface area contributed by atoms with Gasteiger partial charge in [-0.1, -0.05) is 84.9 Å². The van der Waals surface area contributed by atoms with Crippen molar-refractivity contribution < 1.29 is 14.3 Å². The van der Waals surface area contributed by atoms with Gasteiger partial charge in [0.15, 0.2) is 5.78 Å². The van der Waals surface area contributed by atoms with Crippen molar-refractivity contribution in [1.29, 1.82) is 0 Å². The number of carbonyl (C=O) groups is 2. The van der Waals surface area contributed by atoms with E-state index in [0.717, 1.165) is 48.3 Å². The number of benzene rings is 4. The van der Waals surface area contributed by atoms with Crippen LogP contribution in [-0.4, -0.2) is 30.8 Å². The summed E-state index contributed by atoms with van der Waals surface area (Å²) in [6.07, 6.45) is 2.22. The zero-order valence-electron chi connectivity index (χ0n) is 24.5. The number of nitrogens with zero attached hydrogens (tertiary/aromatic N) is 1. The Bertz CT molecular complexity index is 1440. The molecular formula is C37H40N2O3. The van der Waals surface area contributed by atoms with Gasteiger partial charge in [0.1, 0.15) is 12.4 Å². The first-order valence-corrected chi connectivity index (χ1v) is 15.0. The second-order valence-electron chi connectivity index (χ2n) is 11.4. The van der Waals surface area contributed by atoms with Crippen LogP contribution < -0.4 is 15.0 Å². The SMILES string of the molecule is CC(C)NC(=O)C(c1ccccc1)C1CCN(c2ccc(CC(=O)c3ccccc3OCc3ccccc3)cc2)CC1. The average Bonchev–Trinajstić information content (AvgIpc) is 3.02. The van der Waals surface area contributed by atoms with Crippen LogP contribution in [0, 0.1) is 5.92 Å². The van der Waals surface area contributed by atoms with Crippen LogP contribution in [0.25, 0.3) is 0 Å². The molecule has 0 aromatic heterocycles. The lowest BCUT2D eigenvalue weighted by Gasteiger charge is -2.37. The van der Waals surface area contributed by atoms with E-state index in [9.17, 15) is 9.59 Å². The molecule has 0 bridgehead atoms. The molecule has 1 unspecified atom stereocenters. The van der Waals surface area contributed by atoms with Crippen LogP contribution in [0.1, 0.15) is 59.7 Å². The Balaban J connectivity index is 1.19. The molecule has 0 spiro atoms. The smallest absolute Gasteiger partial charge is 0.228 e. The summed E-state index contributed by atoms with van der Waals surface area (Å²) < 4.78 is 6.02. The summed E-state index contributed by atoms with van der Waals surface area (Å²) >= 11 is 0. The van der Waals surface area contributed by atoms with Crippen LogP contribution in [0.5, 0.6) is 5.75 Å². The van der Waals surface area contributed by atoms with Gasteiger partial charge in [-0.05, 0) is 73.6 Å². The van der Waals surface area contributed by atoms with Gasteiger partial charge in [0.05, 0.1) is 11.5 Å². The van der Waals surface area contributed by atoms with E-state index in [1.165, 1.54) is 0 Å². The van der Waals surface area contributed by atoms with Gasteiger partial charge in [-0.3, -0.25) is 9.59 Å². The number of nitrogens with one attached hydrogen (secondary N) is 1. The van der Waals surface area contributed by atoms with E-state index in [1.54, 1.807) is 0 Å². The van der Waals surface area contributed by atoms with Crippen molar-refractivity contribution in [3.05, 3.63) is 131 Å². The summed E-state index contributed by atoms with van der Waals surface area (Å²) in [5, 5.41) is 3.14. The van der Waals surface area contributed by atoms with Gasteiger partial charge in [0.25, 0.3) is 0 Å². The zero-order valence-corrected chi connectivity index (χ0v) is 24.5. The Kier molecular flexibility index (Phi) is 9.70. The maximum Gasteiger partial charge on any atom is 0.228 e. The van der Waals surface area contributed by atoms with Gasteiger partial charge >= 0.3 is 0 Å². The third kappa shape index (κ3) is 7.47. The van der Waals surface area contributed by atoms with Crippen molar-refractivity contribution >= 4 is 17.4 Å². The first-order valence-electron chi connectivity index (χ1n) is 15.0. The summed E-state index contributed by atoms with van der Waals surface area (Å²) in [6.45, 7) is 6.24. The molecule has 1 aliphatic rings. The lowest BCUT2D eigenvalue weighted by molar-refractivity contribution is -0.124. The molecule has 1 saturated heterocycles. The van der Waals surface area contributed by atoms with Crippen molar-refractivity contribution in [1.82, 2.24) is 5.32 Å². The Labute approximate surface area is 249 Å². The minimum Gasteiger partial charge on any atom is -0.488 e. The van der Waals surface area contributed by atoms with E-state index in [1.807, 2.05) is 86.6 Å². The van der Waals surface area contributed by atoms with Gasteiger partial charge in [-0.15, -0.1) is 0 Å². The molecule has 1 heterocycles. The predicted octanol–water partition coefficient (Wildman–Crippen LogP) is 7.22. The number of ether oxygens (including phenoxy) is 1. The molecule has 216 valence electrons. The second kappa shape index (κ2) is 14.0. The second-order valence-corrected chi connectivity index (χ2v) is 11.4. The molecule has 5 nitrogen and oxygen atoms in total. The molecule has 0 radical (unpaired) electrons. The fourth-order valence-corrected chi connectivity index (χ4v) is 5.83. The number of carbonyl (C=O) groups excluding carboxylic acids is 2. The van der Waals surface area contributed by atoms with E-state index >= 15 is 0 Å². The summed E-state index contributed by atoms with van der Waals surface area (Å²) in [7, 11) is 0. The number of hydrogen-bond donors (Lipinski definition) is 1. The van der Waals surface area contributed by atoms with Crippen LogP contribution in [-0.2, 0) is 17.8 Å². The van der Waals surface area contributed by atoms with Crippen molar-refractivity contribution in [2.75, 3.05) is 18.0 Å². The van der Waals surface area contributed by atoms with Crippen LogP contribution >= 0.6 is 0 Å². The highest BCUT2D eigenvalue weighted by atomic mass is 16.5. The Hall–Kier alpha value is -4.38. The topological polar surface area (TPSA) is 58.6 Å². The third-order valence-electron chi connectivity index (χ3n) is 7.97. The molecule has 1 atom stereocenters. The van der Waals surface area contributed by atoms with E-state index in [2.05, 4.69) is 46.6 Å². The van der Waals surface area contributed by atoms with Gasteiger partial charge in [-0.2, -0.15) is 0 Å². The fraction of sp³-hybridized carbons (Fsp3) is 0.297. The highest BCUT2D eigenvalue weighted by molar-refractivity contribution is 6.00. The first-order chi connectivity index (χ1) is 20.5. The average molecular weight is 561 g/mol. The van der Waals surface area contributed by atoms with Crippen LogP contribution in [0.15, 0.2) is 109 Å². The Morgan fingerprint density at radius 2 is 1.40 bits per heavy atom. The largest absolute Gasteiger partial charge is 0.488 e. The number of Topliss-reactive ketones (excluding diaryl/α,β-unsaturated/α-hetero) is 1. The molecule has 1 amide bonds. The normalized spacial score (nSPS) is 14.4. The molecule has 0 aliphatic carbocycles. The lowest BCUT2D eigenvalue weighted by atomic mass is 9.79. The maximum atomic E-state index is 13.2. The molecule has 1 N–H and O–H groups in total. The standard InChI is InChI=1S/C37H40N2O3/c1-27(2)38-37(41)36(30-13-7-4-8-14-30)31-21-23-39(24-22-31)32-19-17-28(18-20-32)25-34(40)33-15-9-10-16-35(33)42-26-29-11-5-3-6-12-29/h3-20,27,31,36H,21-26H2,1-2H3,(H,38,41). The quantitative estimate of drug-likeness (QED) is 0.197. The predicted molar refractivity (Wildman–Crippen MR) is 169 cm³/mol. The number of rotatable bonds is 11. The molecule has 1 aliphatic heterocycles. The molecule has 4 aromatic carbocycles. The minimum atomic E-state index is -0.135. The maximum absolute atomic E-state index is 13.2. The van der Waals surface area contributed by atoms with Crippen LogP contribution in [0.4, 0.5) is 5.69 Å². The van der Waals surface area contributed by atoms with Crippen molar-refractivity contribution in [2.24, 2.45) is 5.92 Å². The highest BCUT2D eigenvalue weighted by Crippen LogP contribution is 2.35. The molecule has 5 rings (SSSR count). The van der Waals surface area contributed by atoms with Gasteiger partial charge in [0, 0.05) is 31.2 Å². The van der Waals surface area contributed by atoms with E-state index < -0.39 is 0 Å². The monoisotopic (exact) mass is 560 g/mol. The van der Waals surface area contributed by atoms with Crippen LogP contribution in [0.2, 0.25) is 0 Å². The summed E-state index contributed by atoms with van der Waals surface area (Å²) in [6, 6.07) is 36.1. The Morgan fingerprint density at radius 3 is 2.07 bits per heavy atom. The van der Waals surface area contributed by atoms with Gasteiger partial charge < -0.3 is 15.0 Å². The van der Waals surface area contributed by atoms with E-state index in [-0.39, 0.29) is 23.7 Å². The molecule has 5 heteroatoms. The van der Waals surface area contributed by atoms with Crippen molar-refractivity contribution in [3.8, 4) is 5.75 Å². The van der Waals surface area contributed by atoms with Crippen molar-refractivity contribution in [2.45, 2.75) is 51.7 Å². The molecule has 0 saturated carbocycles. The van der Waals surface area contributed by atoms with Crippen LogP contribution in [0.3, 0.4) is 0 Å². The van der Waals surface area contributed by atoms with E-state index in [4.69, 9.17) is 4.74 Å². The molecule has 1 fully saturated rings. The van der Waals surface area contributed by atoms with Crippen molar-refractivity contribution in [3.63, 3.8) is 0 Å². The summed E-state index contributed by atoms with van der Waals surface area (Å²) in [5.74, 6) is 0.934.